The largest absolute Gasteiger partial charge is 0.496 e. The number of carbonyl (C=O) groups excluding carboxylic acids is 3. The van der Waals surface area contributed by atoms with E-state index in [-0.39, 0.29) is 40.8 Å². The van der Waals surface area contributed by atoms with Gasteiger partial charge >= 0.3 is 12.2 Å². The summed E-state index contributed by atoms with van der Waals surface area (Å²) in [5.74, 6) is -0.0594. The lowest BCUT2D eigenvalue weighted by molar-refractivity contribution is -0.119. The van der Waals surface area contributed by atoms with Crippen LogP contribution in [0.15, 0.2) is 60.9 Å². The minimum absolute atomic E-state index is 0.00256. The first-order valence-corrected chi connectivity index (χ1v) is 26.3. The Labute approximate surface area is 406 Å². The third-order valence-electron chi connectivity index (χ3n) is 11.7. The molecule has 0 radical (unpaired) electrons. The number of amides is 3. The SMILES string of the molecule is COc1cc(-c2nccc(-c3cccc(Nc4nccc(CCN(CCO[Si](C)(C)C(C)(C)C)C(=O)OC(C)(C)C)c4F)c3Cl)c2Cl)ccc1CCN(C[C@@H]1CCC(=O)N1)C(=O)OC(C)(C)C. The number of nitrogens with one attached hydrogen (secondary N) is 2. The van der Waals surface area contributed by atoms with Crippen molar-refractivity contribution in [3.8, 4) is 28.1 Å². The normalized spacial score (nSPS) is 14.4. The van der Waals surface area contributed by atoms with Gasteiger partial charge in [0.05, 0.1) is 35.1 Å². The van der Waals surface area contributed by atoms with E-state index in [2.05, 4.69) is 54.5 Å². The molecule has 4 aromatic rings. The Bertz CT molecular complexity index is 2400. The van der Waals surface area contributed by atoms with Gasteiger partial charge in [-0.2, -0.15) is 0 Å². The molecule has 67 heavy (non-hydrogen) atoms. The molecule has 2 N–H and O–H groups in total. The number of rotatable bonds is 17. The number of nitrogens with zero attached hydrogens (tertiary/aromatic N) is 4. The van der Waals surface area contributed by atoms with E-state index in [4.69, 9.17) is 41.8 Å². The van der Waals surface area contributed by atoms with E-state index in [1.54, 1.807) is 47.4 Å². The molecule has 3 amide bonds. The van der Waals surface area contributed by atoms with Gasteiger partial charge in [0.15, 0.2) is 20.0 Å². The van der Waals surface area contributed by atoms with Crippen LogP contribution in [0.2, 0.25) is 28.2 Å². The van der Waals surface area contributed by atoms with E-state index >= 15 is 4.39 Å². The van der Waals surface area contributed by atoms with E-state index < -0.39 is 37.5 Å². The zero-order valence-corrected chi connectivity index (χ0v) is 43.5. The second kappa shape index (κ2) is 22.0. The molecule has 0 saturated carbocycles. The first kappa shape index (κ1) is 53.0. The van der Waals surface area contributed by atoms with Crippen molar-refractivity contribution in [2.75, 3.05) is 45.2 Å². The Morgan fingerprint density at radius 2 is 1.46 bits per heavy atom. The number of anilines is 2. The Balaban J connectivity index is 1.33. The molecular formula is C50H67Cl2FN6O7Si. The first-order chi connectivity index (χ1) is 31.3. The minimum atomic E-state index is -2.07. The monoisotopic (exact) mass is 980 g/mol. The fraction of sp³-hybridized carbons (Fsp3) is 0.500. The van der Waals surface area contributed by atoms with Crippen molar-refractivity contribution in [1.82, 2.24) is 25.1 Å². The van der Waals surface area contributed by atoms with Gasteiger partial charge in [-0.15, -0.1) is 0 Å². The van der Waals surface area contributed by atoms with Gasteiger partial charge in [0.25, 0.3) is 0 Å². The number of hydrogen-bond acceptors (Lipinski definition) is 10. The number of carbonyl (C=O) groups is 3. The lowest BCUT2D eigenvalue weighted by Gasteiger charge is -2.37. The summed E-state index contributed by atoms with van der Waals surface area (Å²) in [4.78, 5) is 50.6. The average molecular weight is 982 g/mol. The van der Waals surface area contributed by atoms with Crippen LogP contribution in [0, 0.1) is 5.82 Å². The topological polar surface area (TPSA) is 144 Å². The maximum Gasteiger partial charge on any atom is 0.410 e. The highest BCUT2D eigenvalue weighted by Gasteiger charge is 2.37. The second-order valence-corrected chi connectivity index (χ2v) is 25.8. The van der Waals surface area contributed by atoms with Crippen molar-refractivity contribution >= 4 is 61.1 Å². The number of aromatic nitrogens is 2. The maximum atomic E-state index is 16.2. The lowest BCUT2D eigenvalue weighted by Crippen LogP contribution is -2.45. The molecule has 1 aliphatic heterocycles. The van der Waals surface area contributed by atoms with E-state index in [0.717, 1.165) is 5.56 Å². The Hall–Kier alpha value is -4.96. The molecule has 1 atom stereocenters. The second-order valence-electron chi connectivity index (χ2n) is 20.3. The third-order valence-corrected chi connectivity index (χ3v) is 17.1. The van der Waals surface area contributed by atoms with Crippen LogP contribution in [0.4, 0.5) is 25.5 Å². The van der Waals surface area contributed by atoms with Gasteiger partial charge in [-0.05, 0) is 114 Å². The molecule has 5 rings (SSSR count). The summed E-state index contributed by atoms with van der Waals surface area (Å²) in [6, 6.07) is 14.2. The fourth-order valence-corrected chi connectivity index (χ4v) is 8.73. The summed E-state index contributed by atoms with van der Waals surface area (Å²) >= 11 is 14.2. The standard InChI is InChI=1S/C50H67Cl2FN6O7Si/c1-48(2,3)65-46(61)58(28-29-64-67(11,12)50(7,8)9)26-23-33-20-24-55-45(43(33)53)57-38-15-13-14-36(41(38)51)37-21-25-54-44(42(37)52)34-17-16-32(39(30-34)63-10)22-27-59(47(62)66-49(4,5)6)31-35-18-19-40(60)56-35/h13-17,20-21,24-25,30,35H,18-19,22-23,26-29,31H2,1-12H3,(H,55,57)(H,56,60)/t35-/m0/s1. The average Bonchev–Trinajstić information content (AvgIpc) is 3.65. The van der Waals surface area contributed by atoms with Crippen molar-refractivity contribution in [2.24, 2.45) is 0 Å². The highest BCUT2D eigenvalue weighted by molar-refractivity contribution is 6.74. The zero-order chi connectivity index (χ0) is 49.5. The van der Waals surface area contributed by atoms with Gasteiger partial charge in [0, 0.05) is 67.7 Å². The van der Waals surface area contributed by atoms with Gasteiger partial charge in [0.1, 0.15) is 17.0 Å². The van der Waals surface area contributed by atoms with Crippen molar-refractivity contribution in [3.63, 3.8) is 0 Å². The molecule has 0 spiro atoms. The molecule has 1 saturated heterocycles. The molecule has 2 aromatic carbocycles. The smallest absolute Gasteiger partial charge is 0.410 e. The molecule has 2 aromatic heterocycles. The zero-order valence-electron chi connectivity index (χ0n) is 41.0. The first-order valence-electron chi connectivity index (χ1n) is 22.7. The summed E-state index contributed by atoms with van der Waals surface area (Å²) in [6.45, 7) is 23.2. The van der Waals surface area contributed by atoms with Crippen LogP contribution in [0.1, 0.15) is 86.3 Å². The summed E-state index contributed by atoms with van der Waals surface area (Å²) in [7, 11) is -0.497. The number of ether oxygens (including phenoxy) is 3. The number of benzene rings is 2. The van der Waals surface area contributed by atoms with E-state index in [1.807, 2.05) is 65.8 Å². The summed E-state index contributed by atoms with van der Waals surface area (Å²) in [6.07, 6.45) is 3.92. The van der Waals surface area contributed by atoms with Crippen LogP contribution in [-0.4, -0.2) is 103 Å². The molecule has 1 fully saturated rings. The van der Waals surface area contributed by atoms with Gasteiger partial charge in [-0.25, -0.2) is 19.0 Å². The van der Waals surface area contributed by atoms with Crippen molar-refractivity contribution in [2.45, 2.75) is 123 Å². The molecule has 0 bridgehead atoms. The molecule has 17 heteroatoms. The van der Waals surface area contributed by atoms with Crippen LogP contribution >= 0.6 is 23.2 Å². The van der Waals surface area contributed by atoms with Gasteiger partial charge in [-0.3, -0.25) is 9.78 Å². The van der Waals surface area contributed by atoms with Crippen LogP contribution in [0.3, 0.4) is 0 Å². The van der Waals surface area contributed by atoms with Crippen LogP contribution in [0.25, 0.3) is 22.4 Å². The molecule has 364 valence electrons. The molecule has 1 aliphatic rings. The Morgan fingerprint density at radius 1 is 0.836 bits per heavy atom. The Kier molecular flexibility index (Phi) is 17.4. The molecular weight excluding hydrogens is 915 g/mol. The summed E-state index contributed by atoms with van der Waals surface area (Å²) in [5.41, 5.74) is 2.55. The molecule has 13 nitrogen and oxygen atoms in total. The van der Waals surface area contributed by atoms with Gasteiger partial charge in [0.2, 0.25) is 5.91 Å². The highest BCUT2D eigenvalue weighted by atomic mass is 35.5. The fourth-order valence-electron chi connectivity index (χ4n) is 7.10. The number of halogens is 3. The Morgan fingerprint density at radius 3 is 2.09 bits per heavy atom. The predicted molar refractivity (Wildman–Crippen MR) is 266 cm³/mol. The lowest BCUT2D eigenvalue weighted by atomic mass is 10.0. The quantitative estimate of drug-likeness (QED) is 0.0981. The minimum Gasteiger partial charge on any atom is -0.496 e. The molecule has 0 unspecified atom stereocenters. The maximum absolute atomic E-state index is 16.2. The van der Waals surface area contributed by atoms with Crippen LogP contribution < -0.4 is 15.4 Å². The van der Waals surface area contributed by atoms with Crippen LogP contribution in [0.5, 0.6) is 5.75 Å². The van der Waals surface area contributed by atoms with Crippen molar-refractivity contribution < 1.29 is 37.4 Å². The highest BCUT2D eigenvalue weighted by Crippen LogP contribution is 2.42. The molecule has 0 aliphatic carbocycles. The van der Waals surface area contributed by atoms with E-state index in [1.165, 1.54) is 6.20 Å². The van der Waals surface area contributed by atoms with Crippen molar-refractivity contribution in [1.29, 1.82) is 0 Å². The number of hydrogen-bond donors (Lipinski definition) is 2. The van der Waals surface area contributed by atoms with E-state index in [9.17, 15) is 14.4 Å². The molecule has 3 heterocycles. The number of methoxy groups -OCH3 is 1. The van der Waals surface area contributed by atoms with Crippen molar-refractivity contribution in [3.05, 3.63) is 87.9 Å². The van der Waals surface area contributed by atoms with Gasteiger partial charge < -0.3 is 39.1 Å². The van der Waals surface area contributed by atoms with E-state index in [0.29, 0.717) is 89.9 Å². The predicted octanol–water partition coefficient (Wildman–Crippen LogP) is 11.9. The number of pyridine rings is 2. The summed E-state index contributed by atoms with van der Waals surface area (Å²) in [5, 5.41) is 6.64. The summed E-state index contributed by atoms with van der Waals surface area (Å²) < 4.78 is 39.9. The van der Waals surface area contributed by atoms with Crippen LogP contribution in [-0.2, 0) is 31.5 Å². The third kappa shape index (κ3) is 14.5. The van der Waals surface area contributed by atoms with Gasteiger partial charge in [-0.1, -0.05) is 68.2 Å².